The molecule has 0 spiro atoms. The fourth-order valence-corrected chi connectivity index (χ4v) is 1.34. The lowest BCUT2D eigenvalue weighted by Crippen LogP contribution is -2.27. The molecule has 1 aromatic carbocycles. The third kappa shape index (κ3) is 3.62. The van der Waals surface area contributed by atoms with E-state index in [0.717, 1.165) is 5.56 Å². The van der Waals surface area contributed by atoms with Crippen molar-refractivity contribution in [3.63, 3.8) is 0 Å². The summed E-state index contributed by atoms with van der Waals surface area (Å²) in [5, 5.41) is 2.86. The van der Waals surface area contributed by atoms with Gasteiger partial charge in [0.2, 0.25) is 0 Å². The van der Waals surface area contributed by atoms with E-state index in [9.17, 15) is 4.79 Å². The van der Waals surface area contributed by atoms with Gasteiger partial charge in [-0.05, 0) is 36.6 Å². The molecule has 1 rings (SSSR count). The second-order valence-electron chi connectivity index (χ2n) is 4.24. The predicted molar refractivity (Wildman–Crippen MR) is 62.8 cm³/mol. The van der Waals surface area contributed by atoms with Crippen LogP contribution >= 0.6 is 0 Å². The van der Waals surface area contributed by atoms with Crippen LogP contribution in [0.4, 0.5) is 5.69 Å². The Balaban J connectivity index is 2.73. The normalized spacial score (nSPS) is 10.4. The second-order valence-corrected chi connectivity index (χ2v) is 4.24. The molecule has 0 heterocycles. The van der Waals surface area contributed by atoms with Gasteiger partial charge in [-0.1, -0.05) is 13.8 Å². The fraction of sp³-hybridized carbons (Fsp3) is 0.417. The topological polar surface area (TPSA) is 55.1 Å². The van der Waals surface area contributed by atoms with Crippen molar-refractivity contribution in [3.8, 4) is 0 Å². The number of anilines is 1. The van der Waals surface area contributed by atoms with Gasteiger partial charge in [0, 0.05) is 17.8 Å². The molecule has 3 heteroatoms. The predicted octanol–water partition coefficient (Wildman–Crippen LogP) is 1.96. The summed E-state index contributed by atoms with van der Waals surface area (Å²) < 4.78 is 0. The van der Waals surface area contributed by atoms with Crippen LogP contribution in [-0.4, -0.2) is 12.5 Å². The van der Waals surface area contributed by atoms with Crippen LogP contribution in [0, 0.1) is 12.8 Å². The SMILES string of the molecule is Cc1cc(N)cc(C(=O)NCC(C)C)c1. The molecule has 0 saturated heterocycles. The average Bonchev–Trinajstić information content (AvgIpc) is 2.12. The molecule has 0 aliphatic carbocycles. The van der Waals surface area contributed by atoms with E-state index in [1.807, 2.05) is 19.1 Å². The van der Waals surface area contributed by atoms with E-state index in [1.54, 1.807) is 6.07 Å². The number of rotatable bonds is 3. The summed E-state index contributed by atoms with van der Waals surface area (Å²) in [5.74, 6) is 0.398. The van der Waals surface area contributed by atoms with Gasteiger partial charge in [0.1, 0.15) is 0 Å². The number of amides is 1. The maximum absolute atomic E-state index is 11.7. The van der Waals surface area contributed by atoms with E-state index in [2.05, 4.69) is 19.2 Å². The highest BCUT2D eigenvalue weighted by molar-refractivity contribution is 5.95. The molecule has 0 atom stereocenters. The standard InChI is InChI=1S/C12H18N2O/c1-8(2)7-14-12(15)10-4-9(3)5-11(13)6-10/h4-6,8H,7,13H2,1-3H3,(H,14,15). The second kappa shape index (κ2) is 4.82. The number of nitrogen functional groups attached to an aromatic ring is 1. The first kappa shape index (κ1) is 11.6. The number of carbonyl (C=O) groups excluding carboxylic acids is 1. The Bertz CT molecular complexity index is 338. The van der Waals surface area contributed by atoms with Crippen LogP contribution in [0.3, 0.4) is 0 Å². The van der Waals surface area contributed by atoms with E-state index < -0.39 is 0 Å². The minimum absolute atomic E-state index is 0.0564. The molecule has 1 amide bonds. The molecular formula is C12H18N2O. The van der Waals surface area contributed by atoms with Gasteiger partial charge in [-0.2, -0.15) is 0 Å². The molecule has 0 aliphatic rings. The Hall–Kier alpha value is -1.51. The third-order valence-electron chi connectivity index (χ3n) is 2.03. The zero-order valence-corrected chi connectivity index (χ0v) is 9.50. The lowest BCUT2D eigenvalue weighted by molar-refractivity contribution is 0.0949. The summed E-state index contributed by atoms with van der Waals surface area (Å²) in [7, 11) is 0. The number of hydrogen-bond donors (Lipinski definition) is 2. The number of benzene rings is 1. The summed E-state index contributed by atoms with van der Waals surface area (Å²) in [6, 6.07) is 5.38. The molecule has 0 aromatic heterocycles. The molecule has 0 saturated carbocycles. The molecule has 0 unspecified atom stereocenters. The monoisotopic (exact) mass is 206 g/mol. The largest absolute Gasteiger partial charge is 0.399 e. The molecule has 82 valence electrons. The summed E-state index contributed by atoms with van der Waals surface area (Å²) in [4.78, 5) is 11.7. The van der Waals surface area contributed by atoms with Gasteiger partial charge in [0.25, 0.3) is 5.91 Å². The lowest BCUT2D eigenvalue weighted by Gasteiger charge is -2.08. The first-order valence-electron chi connectivity index (χ1n) is 5.14. The van der Waals surface area contributed by atoms with Crippen molar-refractivity contribution in [3.05, 3.63) is 29.3 Å². The fourth-order valence-electron chi connectivity index (χ4n) is 1.34. The maximum Gasteiger partial charge on any atom is 0.251 e. The third-order valence-corrected chi connectivity index (χ3v) is 2.03. The van der Waals surface area contributed by atoms with Crippen molar-refractivity contribution < 1.29 is 4.79 Å². The van der Waals surface area contributed by atoms with E-state index in [4.69, 9.17) is 5.73 Å². The van der Waals surface area contributed by atoms with E-state index in [-0.39, 0.29) is 5.91 Å². The minimum atomic E-state index is -0.0564. The Morgan fingerprint density at radius 1 is 1.40 bits per heavy atom. The van der Waals surface area contributed by atoms with Crippen LogP contribution in [0.5, 0.6) is 0 Å². The van der Waals surface area contributed by atoms with Gasteiger partial charge in [-0.3, -0.25) is 4.79 Å². The van der Waals surface area contributed by atoms with Crippen molar-refractivity contribution >= 4 is 11.6 Å². The summed E-state index contributed by atoms with van der Waals surface area (Å²) >= 11 is 0. The Kier molecular flexibility index (Phi) is 3.72. The zero-order valence-electron chi connectivity index (χ0n) is 9.50. The Morgan fingerprint density at radius 3 is 2.60 bits per heavy atom. The lowest BCUT2D eigenvalue weighted by atomic mass is 10.1. The summed E-state index contributed by atoms with van der Waals surface area (Å²) in [6.45, 7) is 6.73. The highest BCUT2D eigenvalue weighted by atomic mass is 16.1. The highest BCUT2D eigenvalue weighted by Crippen LogP contribution is 2.11. The van der Waals surface area contributed by atoms with Crippen LogP contribution in [-0.2, 0) is 0 Å². The first-order valence-corrected chi connectivity index (χ1v) is 5.14. The highest BCUT2D eigenvalue weighted by Gasteiger charge is 2.06. The molecule has 3 N–H and O–H groups in total. The molecule has 0 fully saturated rings. The molecule has 0 bridgehead atoms. The van der Waals surface area contributed by atoms with E-state index in [0.29, 0.717) is 23.7 Å². The van der Waals surface area contributed by atoms with Crippen molar-refractivity contribution in [1.29, 1.82) is 0 Å². The minimum Gasteiger partial charge on any atom is -0.399 e. The van der Waals surface area contributed by atoms with E-state index in [1.165, 1.54) is 0 Å². The maximum atomic E-state index is 11.7. The van der Waals surface area contributed by atoms with Crippen molar-refractivity contribution in [1.82, 2.24) is 5.32 Å². The zero-order chi connectivity index (χ0) is 11.4. The van der Waals surface area contributed by atoms with Crippen LogP contribution in [0.1, 0.15) is 29.8 Å². The van der Waals surface area contributed by atoms with Gasteiger partial charge < -0.3 is 11.1 Å². The smallest absolute Gasteiger partial charge is 0.251 e. The van der Waals surface area contributed by atoms with Gasteiger partial charge >= 0.3 is 0 Å². The van der Waals surface area contributed by atoms with E-state index >= 15 is 0 Å². The average molecular weight is 206 g/mol. The quantitative estimate of drug-likeness (QED) is 0.743. The molecular weight excluding hydrogens is 188 g/mol. The molecule has 0 aliphatic heterocycles. The van der Waals surface area contributed by atoms with Crippen molar-refractivity contribution in [2.45, 2.75) is 20.8 Å². The molecule has 3 nitrogen and oxygen atoms in total. The van der Waals surface area contributed by atoms with Crippen LogP contribution < -0.4 is 11.1 Å². The molecule has 1 aromatic rings. The number of hydrogen-bond acceptors (Lipinski definition) is 2. The van der Waals surface area contributed by atoms with Crippen molar-refractivity contribution in [2.75, 3.05) is 12.3 Å². The number of carbonyl (C=O) groups is 1. The number of nitrogens with two attached hydrogens (primary N) is 1. The van der Waals surface area contributed by atoms with Gasteiger partial charge in [-0.15, -0.1) is 0 Å². The Labute approximate surface area is 90.7 Å². The van der Waals surface area contributed by atoms with Crippen LogP contribution in [0.2, 0.25) is 0 Å². The van der Waals surface area contributed by atoms with Crippen molar-refractivity contribution in [2.24, 2.45) is 5.92 Å². The molecule has 15 heavy (non-hydrogen) atoms. The van der Waals surface area contributed by atoms with Gasteiger partial charge in [-0.25, -0.2) is 0 Å². The first-order chi connectivity index (χ1) is 6.99. The molecule has 0 radical (unpaired) electrons. The number of nitrogens with one attached hydrogen (secondary N) is 1. The van der Waals surface area contributed by atoms with Crippen LogP contribution in [0.15, 0.2) is 18.2 Å². The number of aryl methyl sites for hydroxylation is 1. The van der Waals surface area contributed by atoms with Crippen LogP contribution in [0.25, 0.3) is 0 Å². The Morgan fingerprint density at radius 2 is 2.07 bits per heavy atom. The van der Waals surface area contributed by atoms with Gasteiger partial charge in [0.15, 0.2) is 0 Å². The summed E-state index contributed by atoms with van der Waals surface area (Å²) in [5.41, 5.74) is 7.94. The van der Waals surface area contributed by atoms with Gasteiger partial charge in [0.05, 0.1) is 0 Å². The summed E-state index contributed by atoms with van der Waals surface area (Å²) in [6.07, 6.45) is 0.